The van der Waals surface area contributed by atoms with Crippen molar-refractivity contribution in [3.8, 4) is 0 Å². The van der Waals surface area contributed by atoms with Crippen molar-refractivity contribution in [2.75, 3.05) is 20.3 Å². The van der Waals surface area contributed by atoms with Crippen molar-refractivity contribution in [2.45, 2.75) is 57.2 Å². The maximum atomic E-state index is 11.9. The largest absolute Gasteiger partial charge is 0.480 e. The lowest BCUT2D eigenvalue weighted by Gasteiger charge is -2.40. The van der Waals surface area contributed by atoms with E-state index in [4.69, 9.17) is 14.6 Å². The molecule has 1 aliphatic rings. The normalized spacial score (nSPS) is 22.3. The van der Waals surface area contributed by atoms with E-state index in [0.29, 0.717) is 6.61 Å². The Hall–Kier alpha value is -1.34. The summed E-state index contributed by atoms with van der Waals surface area (Å²) in [6.45, 7) is 4.69. The number of carbonyl (C=O) groups excluding carboxylic acids is 1. The summed E-state index contributed by atoms with van der Waals surface area (Å²) in [7, 11) is 1.39. The lowest BCUT2D eigenvalue weighted by Crippen LogP contribution is -2.54. The number of aliphatic carboxylic acids is 1. The van der Waals surface area contributed by atoms with Gasteiger partial charge >= 0.3 is 12.0 Å². The summed E-state index contributed by atoms with van der Waals surface area (Å²) in [6.07, 6.45) is 3.27. The minimum Gasteiger partial charge on any atom is -0.480 e. The van der Waals surface area contributed by atoms with Crippen molar-refractivity contribution in [1.82, 2.24) is 10.6 Å². The quantitative estimate of drug-likeness (QED) is 0.655. The van der Waals surface area contributed by atoms with Gasteiger partial charge in [-0.15, -0.1) is 0 Å². The Labute approximate surface area is 125 Å². The molecular formula is C14H26N2O5. The fourth-order valence-electron chi connectivity index (χ4n) is 2.62. The molecule has 2 atom stereocenters. The summed E-state index contributed by atoms with van der Waals surface area (Å²) in [6, 6.07) is -1.53. The number of methoxy groups -OCH3 is 1. The molecule has 1 heterocycles. The van der Waals surface area contributed by atoms with Crippen LogP contribution in [0.4, 0.5) is 4.79 Å². The Morgan fingerprint density at radius 3 is 2.62 bits per heavy atom. The van der Waals surface area contributed by atoms with Crippen molar-refractivity contribution in [2.24, 2.45) is 0 Å². The first-order chi connectivity index (χ1) is 9.96. The maximum absolute atomic E-state index is 11.9. The monoisotopic (exact) mass is 302 g/mol. The van der Waals surface area contributed by atoms with Crippen LogP contribution in [0.1, 0.15) is 39.5 Å². The van der Waals surface area contributed by atoms with Gasteiger partial charge in [-0.05, 0) is 25.7 Å². The molecule has 7 heteroatoms. The number of hydrogen-bond donors (Lipinski definition) is 3. The Kier molecular flexibility index (Phi) is 6.91. The summed E-state index contributed by atoms with van der Waals surface area (Å²) in [5.41, 5.74) is -0.186. The van der Waals surface area contributed by atoms with Gasteiger partial charge in [0.05, 0.1) is 12.2 Å². The van der Waals surface area contributed by atoms with Gasteiger partial charge in [-0.1, -0.05) is 13.8 Å². The van der Waals surface area contributed by atoms with Gasteiger partial charge in [0.15, 0.2) is 6.04 Å². The van der Waals surface area contributed by atoms with Crippen molar-refractivity contribution in [3.05, 3.63) is 0 Å². The summed E-state index contributed by atoms with van der Waals surface area (Å²) < 4.78 is 10.6. The fraction of sp³-hybridized carbons (Fsp3) is 0.857. The highest BCUT2D eigenvalue weighted by Crippen LogP contribution is 2.31. The van der Waals surface area contributed by atoms with Crippen LogP contribution < -0.4 is 10.6 Å². The molecular weight excluding hydrogens is 276 g/mol. The third kappa shape index (κ3) is 5.17. The zero-order valence-corrected chi connectivity index (χ0v) is 13.0. The topological polar surface area (TPSA) is 96.9 Å². The number of ether oxygens (including phenoxy) is 2. The predicted octanol–water partition coefficient (Wildman–Crippen LogP) is 1.12. The van der Waals surface area contributed by atoms with Gasteiger partial charge in [-0.3, -0.25) is 0 Å². The summed E-state index contributed by atoms with van der Waals surface area (Å²) >= 11 is 0. The third-order valence-electron chi connectivity index (χ3n) is 4.05. The minimum absolute atomic E-state index is 0.00404. The molecule has 2 amide bonds. The van der Waals surface area contributed by atoms with Gasteiger partial charge in [0.25, 0.3) is 0 Å². The van der Waals surface area contributed by atoms with Crippen LogP contribution >= 0.6 is 0 Å². The minimum atomic E-state index is -1.12. The highest BCUT2D eigenvalue weighted by atomic mass is 16.5. The molecule has 3 N–H and O–H groups in total. The molecule has 2 unspecified atom stereocenters. The molecule has 1 fully saturated rings. The molecule has 0 aliphatic carbocycles. The molecule has 0 bridgehead atoms. The predicted molar refractivity (Wildman–Crippen MR) is 77.3 cm³/mol. The number of nitrogens with one attached hydrogen (secondary N) is 2. The molecule has 0 aromatic rings. The van der Waals surface area contributed by atoms with E-state index >= 15 is 0 Å². The highest BCUT2D eigenvalue weighted by Gasteiger charge is 2.35. The van der Waals surface area contributed by atoms with Crippen LogP contribution in [0.2, 0.25) is 0 Å². The van der Waals surface area contributed by atoms with Crippen LogP contribution in [0, 0.1) is 0 Å². The molecule has 1 rings (SSSR count). The van der Waals surface area contributed by atoms with Crippen LogP contribution in [-0.4, -0.2) is 55.1 Å². The average Bonchev–Trinajstić information content (AvgIpc) is 2.46. The molecule has 1 aliphatic heterocycles. The number of hydrogen-bond acceptors (Lipinski definition) is 4. The number of urea groups is 1. The van der Waals surface area contributed by atoms with E-state index in [2.05, 4.69) is 24.5 Å². The van der Waals surface area contributed by atoms with Crippen molar-refractivity contribution in [3.63, 3.8) is 0 Å². The van der Waals surface area contributed by atoms with Crippen molar-refractivity contribution in [1.29, 1.82) is 0 Å². The van der Waals surface area contributed by atoms with Crippen molar-refractivity contribution < 1.29 is 24.2 Å². The molecule has 1 saturated heterocycles. The number of carbonyl (C=O) groups is 2. The molecule has 0 radical (unpaired) electrons. The third-order valence-corrected chi connectivity index (χ3v) is 4.05. The first-order valence-electron chi connectivity index (χ1n) is 7.39. The second-order valence-corrected chi connectivity index (χ2v) is 5.39. The summed E-state index contributed by atoms with van der Waals surface area (Å²) in [5.74, 6) is -1.12. The Morgan fingerprint density at radius 2 is 2.10 bits per heavy atom. The molecule has 7 nitrogen and oxygen atoms in total. The molecule has 21 heavy (non-hydrogen) atoms. The van der Waals surface area contributed by atoms with Gasteiger partial charge in [-0.25, -0.2) is 9.59 Å². The first kappa shape index (κ1) is 17.7. The Bertz CT molecular complexity index is 357. The summed E-state index contributed by atoms with van der Waals surface area (Å²) in [4.78, 5) is 22.9. The van der Waals surface area contributed by atoms with Gasteiger partial charge in [0.2, 0.25) is 0 Å². The fourth-order valence-corrected chi connectivity index (χ4v) is 2.62. The van der Waals surface area contributed by atoms with Crippen LogP contribution in [0.3, 0.4) is 0 Å². The van der Waals surface area contributed by atoms with Gasteiger partial charge in [-0.2, -0.15) is 0 Å². The van der Waals surface area contributed by atoms with Gasteiger partial charge in [0, 0.05) is 19.8 Å². The molecule has 0 spiro atoms. The summed E-state index contributed by atoms with van der Waals surface area (Å²) in [5, 5.41) is 14.2. The number of amides is 2. The van der Waals surface area contributed by atoms with E-state index in [-0.39, 0.29) is 18.2 Å². The maximum Gasteiger partial charge on any atom is 0.328 e. The van der Waals surface area contributed by atoms with Crippen LogP contribution in [0.25, 0.3) is 0 Å². The average molecular weight is 302 g/mol. The van der Waals surface area contributed by atoms with E-state index in [0.717, 1.165) is 25.7 Å². The van der Waals surface area contributed by atoms with Gasteiger partial charge in [0.1, 0.15) is 0 Å². The van der Waals surface area contributed by atoms with Crippen LogP contribution in [0.5, 0.6) is 0 Å². The lowest BCUT2D eigenvalue weighted by atomic mass is 9.86. The van der Waals surface area contributed by atoms with E-state index in [1.165, 1.54) is 7.11 Å². The standard InChI is InChI=1S/C14H26N2O5/c1-4-14(5-2)8-10(6-7-21-14)15-13(19)16-11(9-20-3)12(17)18/h10-11H,4-9H2,1-3H3,(H,17,18)(H2,15,16,19). The molecule has 0 aromatic carbocycles. The second kappa shape index (κ2) is 8.19. The van der Waals surface area contributed by atoms with Crippen molar-refractivity contribution >= 4 is 12.0 Å². The van der Waals surface area contributed by atoms with E-state index in [9.17, 15) is 9.59 Å². The lowest BCUT2D eigenvalue weighted by molar-refractivity contribution is -0.140. The number of carboxylic acid groups (broad SMARTS) is 1. The van der Waals surface area contributed by atoms with E-state index < -0.39 is 18.0 Å². The van der Waals surface area contributed by atoms with Crippen LogP contribution in [-0.2, 0) is 14.3 Å². The Morgan fingerprint density at radius 1 is 1.43 bits per heavy atom. The van der Waals surface area contributed by atoms with Gasteiger partial charge < -0.3 is 25.2 Å². The highest BCUT2D eigenvalue weighted by molar-refractivity contribution is 5.82. The molecule has 0 aromatic heterocycles. The zero-order chi connectivity index (χ0) is 15.9. The SMILES string of the molecule is CCC1(CC)CC(NC(=O)NC(COC)C(=O)O)CCO1. The number of rotatable bonds is 7. The first-order valence-corrected chi connectivity index (χ1v) is 7.39. The van der Waals surface area contributed by atoms with E-state index in [1.807, 2.05) is 0 Å². The number of carboxylic acids is 1. The second-order valence-electron chi connectivity index (χ2n) is 5.39. The smallest absolute Gasteiger partial charge is 0.328 e. The Balaban J connectivity index is 2.52. The van der Waals surface area contributed by atoms with E-state index in [1.54, 1.807) is 0 Å². The zero-order valence-electron chi connectivity index (χ0n) is 13.0. The molecule has 0 saturated carbocycles. The van der Waals surface area contributed by atoms with Crippen LogP contribution in [0.15, 0.2) is 0 Å². The molecule has 122 valence electrons.